The zero-order chi connectivity index (χ0) is 14.3. The summed E-state index contributed by atoms with van der Waals surface area (Å²) in [4.78, 5) is 23.4. The molecule has 0 fully saturated rings. The Morgan fingerprint density at radius 3 is 2.40 bits per heavy atom. The van der Waals surface area contributed by atoms with Crippen molar-refractivity contribution < 1.29 is 14.3 Å². The predicted molar refractivity (Wildman–Crippen MR) is 79.7 cm³/mol. The first kappa shape index (κ1) is 18.4. The fourth-order valence-electron chi connectivity index (χ4n) is 1.63. The molecular formula is C14H21ClN2O3. The molecular weight excluding hydrogens is 280 g/mol. The Kier molecular flexibility index (Phi) is 8.59. The monoisotopic (exact) mass is 300 g/mol. The minimum absolute atomic E-state index is 0. The lowest BCUT2D eigenvalue weighted by Crippen LogP contribution is -2.41. The Bertz CT molecular complexity index is 424. The highest BCUT2D eigenvalue weighted by molar-refractivity contribution is 5.85. The predicted octanol–water partition coefficient (Wildman–Crippen LogP) is 1.22. The molecule has 6 heteroatoms. The summed E-state index contributed by atoms with van der Waals surface area (Å²) in [5.41, 5.74) is 6.28. The second kappa shape index (κ2) is 9.34. The molecule has 0 aliphatic rings. The van der Waals surface area contributed by atoms with Crippen LogP contribution < -0.4 is 11.1 Å². The molecule has 0 saturated carbocycles. The van der Waals surface area contributed by atoms with Gasteiger partial charge in [0.05, 0.1) is 18.6 Å². The number of carbonyl (C=O) groups is 2. The second-order valence-electron chi connectivity index (χ2n) is 4.25. The number of halogens is 1. The molecule has 0 radical (unpaired) electrons. The van der Waals surface area contributed by atoms with Crippen LogP contribution >= 0.6 is 12.4 Å². The number of amides is 1. The maximum absolute atomic E-state index is 11.9. The van der Waals surface area contributed by atoms with E-state index in [9.17, 15) is 9.59 Å². The zero-order valence-corrected chi connectivity index (χ0v) is 12.5. The summed E-state index contributed by atoms with van der Waals surface area (Å²) < 4.78 is 5.03. The van der Waals surface area contributed by atoms with E-state index >= 15 is 0 Å². The van der Waals surface area contributed by atoms with Crippen molar-refractivity contribution in [3.63, 3.8) is 0 Å². The molecule has 0 heterocycles. The van der Waals surface area contributed by atoms with Gasteiger partial charge >= 0.3 is 5.97 Å². The van der Waals surface area contributed by atoms with Crippen molar-refractivity contribution in [2.75, 3.05) is 13.2 Å². The first-order chi connectivity index (χ1) is 9.06. The Balaban J connectivity index is 0.00000361. The van der Waals surface area contributed by atoms with E-state index in [1.54, 1.807) is 13.8 Å². The van der Waals surface area contributed by atoms with E-state index in [4.69, 9.17) is 10.5 Å². The van der Waals surface area contributed by atoms with Gasteiger partial charge in [0.25, 0.3) is 0 Å². The number of hydrogen-bond acceptors (Lipinski definition) is 4. The quantitative estimate of drug-likeness (QED) is 0.774. The minimum atomic E-state index is -0.599. The van der Waals surface area contributed by atoms with Crippen molar-refractivity contribution in [2.24, 2.45) is 5.73 Å². The lowest BCUT2D eigenvalue weighted by atomic mass is 9.99. The molecule has 1 aromatic rings. The van der Waals surface area contributed by atoms with Crippen LogP contribution in [0.5, 0.6) is 0 Å². The van der Waals surface area contributed by atoms with Gasteiger partial charge in [0.15, 0.2) is 0 Å². The summed E-state index contributed by atoms with van der Waals surface area (Å²) in [5, 5.41) is 2.66. The van der Waals surface area contributed by atoms with Gasteiger partial charge in [-0.3, -0.25) is 9.59 Å². The maximum Gasteiger partial charge on any atom is 0.315 e. The highest BCUT2D eigenvalue weighted by Crippen LogP contribution is 2.16. The number of hydrogen-bond donors (Lipinski definition) is 2. The van der Waals surface area contributed by atoms with Crippen LogP contribution in [-0.4, -0.2) is 31.1 Å². The highest BCUT2D eigenvalue weighted by Gasteiger charge is 2.22. The number of benzene rings is 1. The zero-order valence-electron chi connectivity index (χ0n) is 11.7. The standard InChI is InChI=1S/C14H20N2O3.ClH/c1-3-19-14(18)12(9-16-13(17)10(2)15)11-7-5-4-6-8-11;/h4-8,10,12H,3,9,15H2,1-2H3,(H,16,17);1H/t10-,12?;/m1./s1. The molecule has 0 bridgehead atoms. The molecule has 0 aromatic heterocycles. The van der Waals surface area contributed by atoms with Crippen LogP contribution in [0.2, 0.25) is 0 Å². The Labute approximate surface area is 125 Å². The van der Waals surface area contributed by atoms with Gasteiger partial charge in [-0.05, 0) is 19.4 Å². The molecule has 20 heavy (non-hydrogen) atoms. The van der Waals surface area contributed by atoms with Crippen molar-refractivity contribution in [1.29, 1.82) is 0 Å². The van der Waals surface area contributed by atoms with E-state index < -0.39 is 12.0 Å². The van der Waals surface area contributed by atoms with E-state index in [0.29, 0.717) is 6.61 Å². The minimum Gasteiger partial charge on any atom is -0.465 e. The summed E-state index contributed by atoms with van der Waals surface area (Å²) in [6, 6.07) is 8.62. The van der Waals surface area contributed by atoms with E-state index in [1.165, 1.54) is 0 Å². The smallest absolute Gasteiger partial charge is 0.315 e. The molecule has 0 spiro atoms. The van der Waals surface area contributed by atoms with E-state index in [-0.39, 0.29) is 30.8 Å². The third-order valence-corrected chi connectivity index (χ3v) is 2.67. The fraction of sp³-hybridized carbons (Fsp3) is 0.429. The van der Waals surface area contributed by atoms with Crippen molar-refractivity contribution in [2.45, 2.75) is 25.8 Å². The SMILES string of the molecule is CCOC(=O)C(CNC(=O)[C@@H](C)N)c1ccccc1.Cl. The number of esters is 1. The molecule has 0 aliphatic carbocycles. The van der Waals surface area contributed by atoms with Crippen molar-refractivity contribution in [1.82, 2.24) is 5.32 Å². The van der Waals surface area contributed by atoms with Crippen molar-refractivity contribution in [3.05, 3.63) is 35.9 Å². The van der Waals surface area contributed by atoms with Crippen molar-refractivity contribution in [3.8, 4) is 0 Å². The van der Waals surface area contributed by atoms with Crippen LogP contribution in [0.15, 0.2) is 30.3 Å². The number of carbonyl (C=O) groups excluding carboxylic acids is 2. The first-order valence-corrected chi connectivity index (χ1v) is 6.31. The van der Waals surface area contributed by atoms with Gasteiger partial charge in [-0.15, -0.1) is 12.4 Å². The van der Waals surface area contributed by atoms with Gasteiger partial charge in [0, 0.05) is 6.54 Å². The molecule has 1 amide bonds. The molecule has 1 rings (SSSR count). The van der Waals surface area contributed by atoms with Gasteiger partial charge in [0.1, 0.15) is 0 Å². The van der Waals surface area contributed by atoms with Crippen LogP contribution in [0.4, 0.5) is 0 Å². The van der Waals surface area contributed by atoms with Gasteiger partial charge in [-0.2, -0.15) is 0 Å². The normalized spacial score (nSPS) is 12.8. The Morgan fingerprint density at radius 1 is 1.30 bits per heavy atom. The van der Waals surface area contributed by atoms with Gasteiger partial charge in [-0.25, -0.2) is 0 Å². The Morgan fingerprint density at radius 2 is 1.90 bits per heavy atom. The number of nitrogens with one attached hydrogen (secondary N) is 1. The molecule has 112 valence electrons. The largest absolute Gasteiger partial charge is 0.465 e. The Hall–Kier alpha value is -1.59. The van der Waals surface area contributed by atoms with Crippen LogP contribution in [0.3, 0.4) is 0 Å². The van der Waals surface area contributed by atoms with Gasteiger partial charge in [-0.1, -0.05) is 30.3 Å². The molecule has 0 saturated heterocycles. The summed E-state index contributed by atoms with van der Waals surface area (Å²) in [6.07, 6.45) is 0. The summed E-state index contributed by atoms with van der Waals surface area (Å²) in [7, 11) is 0. The summed E-state index contributed by atoms with van der Waals surface area (Å²) >= 11 is 0. The highest BCUT2D eigenvalue weighted by atomic mass is 35.5. The first-order valence-electron chi connectivity index (χ1n) is 6.31. The van der Waals surface area contributed by atoms with Gasteiger partial charge < -0.3 is 15.8 Å². The second-order valence-corrected chi connectivity index (χ2v) is 4.25. The summed E-state index contributed by atoms with van der Waals surface area (Å²) in [6.45, 7) is 3.84. The van der Waals surface area contributed by atoms with E-state index in [1.807, 2.05) is 30.3 Å². The maximum atomic E-state index is 11.9. The van der Waals surface area contributed by atoms with Crippen LogP contribution in [0.1, 0.15) is 25.3 Å². The van der Waals surface area contributed by atoms with Crippen molar-refractivity contribution >= 4 is 24.3 Å². The molecule has 1 aromatic carbocycles. The van der Waals surface area contributed by atoms with Gasteiger partial charge in [0.2, 0.25) is 5.91 Å². The third-order valence-electron chi connectivity index (χ3n) is 2.67. The average molecular weight is 301 g/mol. The third kappa shape index (κ3) is 5.59. The molecule has 2 atom stereocenters. The lowest BCUT2D eigenvalue weighted by Gasteiger charge is -2.17. The van der Waals surface area contributed by atoms with E-state index in [2.05, 4.69) is 5.32 Å². The molecule has 0 aliphatic heterocycles. The lowest BCUT2D eigenvalue weighted by molar-refractivity contribution is -0.144. The molecule has 1 unspecified atom stereocenters. The number of rotatable bonds is 6. The fourth-order valence-corrected chi connectivity index (χ4v) is 1.63. The van der Waals surface area contributed by atoms with Crippen LogP contribution in [0, 0.1) is 0 Å². The summed E-state index contributed by atoms with van der Waals surface area (Å²) in [5.74, 6) is -1.15. The number of ether oxygens (including phenoxy) is 1. The molecule has 3 N–H and O–H groups in total. The van der Waals surface area contributed by atoms with Crippen LogP contribution in [-0.2, 0) is 14.3 Å². The molecule has 5 nitrogen and oxygen atoms in total. The van der Waals surface area contributed by atoms with E-state index in [0.717, 1.165) is 5.56 Å². The average Bonchev–Trinajstić information content (AvgIpc) is 2.40. The number of nitrogens with two attached hydrogens (primary N) is 1. The van der Waals surface area contributed by atoms with Crippen LogP contribution in [0.25, 0.3) is 0 Å². The topological polar surface area (TPSA) is 81.4 Å².